The second-order valence-electron chi connectivity index (χ2n) is 8.92. The van der Waals surface area contributed by atoms with Crippen LogP contribution in [0.1, 0.15) is 30.5 Å². The van der Waals surface area contributed by atoms with Crippen LogP contribution in [0.15, 0.2) is 42.9 Å². The van der Waals surface area contributed by atoms with Crippen LogP contribution in [0.3, 0.4) is 0 Å². The lowest BCUT2D eigenvalue weighted by Crippen LogP contribution is -2.57. The quantitative estimate of drug-likeness (QED) is 0.202. The molecule has 3 rings (SSSR count). The highest BCUT2D eigenvalue weighted by molar-refractivity contribution is 7.98. The largest absolute Gasteiger partial charge is 0.480 e. The van der Waals surface area contributed by atoms with Gasteiger partial charge in [-0.25, -0.2) is 9.78 Å². The number of nitrogens with zero attached hydrogens (tertiary/aromatic N) is 1. The van der Waals surface area contributed by atoms with Crippen molar-refractivity contribution in [1.29, 1.82) is 0 Å². The summed E-state index contributed by atoms with van der Waals surface area (Å²) in [6, 6.07) is 5.70. The zero-order valence-corrected chi connectivity index (χ0v) is 21.6. The number of rotatable bonds is 14. The van der Waals surface area contributed by atoms with Crippen LogP contribution in [0.5, 0.6) is 0 Å². The van der Waals surface area contributed by atoms with Crippen molar-refractivity contribution in [1.82, 2.24) is 31.2 Å². The molecule has 4 atom stereocenters. The van der Waals surface area contributed by atoms with E-state index in [9.17, 15) is 24.3 Å². The van der Waals surface area contributed by atoms with E-state index in [1.165, 1.54) is 12.5 Å². The Balaban J connectivity index is 1.74. The Morgan fingerprint density at radius 2 is 1.78 bits per heavy atom. The molecule has 12 heteroatoms. The fourth-order valence-electron chi connectivity index (χ4n) is 4.11. The van der Waals surface area contributed by atoms with Crippen LogP contribution in [0.2, 0.25) is 0 Å². The predicted octanol–water partition coefficient (Wildman–Crippen LogP) is 0.239. The highest BCUT2D eigenvalue weighted by Crippen LogP contribution is 2.09. The van der Waals surface area contributed by atoms with E-state index in [1.54, 1.807) is 11.8 Å². The average Bonchev–Trinajstić information content (AvgIpc) is 3.61. The zero-order valence-electron chi connectivity index (χ0n) is 20.7. The summed E-state index contributed by atoms with van der Waals surface area (Å²) in [5.41, 5.74) is 1.35. The van der Waals surface area contributed by atoms with Gasteiger partial charge >= 0.3 is 5.97 Å². The number of aliphatic carboxylic acids is 1. The number of benzene rings is 1. The highest BCUT2D eigenvalue weighted by Gasteiger charge is 2.31. The van der Waals surface area contributed by atoms with Crippen LogP contribution in [-0.4, -0.2) is 81.5 Å². The summed E-state index contributed by atoms with van der Waals surface area (Å²) in [6.07, 6.45) is 6.98. The topological polar surface area (TPSA) is 165 Å². The fraction of sp³-hybridized carbons (Fsp3) is 0.480. The van der Waals surface area contributed by atoms with E-state index in [0.29, 0.717) is 24.3 Å². The molecule has 11 nitrogen and oxygen atoms in total. The number of aromatic amines is 1. The number of H-pyrrole nitrogens is 1. The van der Waals surface area contributed by atoms with Crippen LogP contribution < -0.4 is 21.3 Å². The SMILES string of the molecule is CSCCC(NC(=O)C1CCCN1)C(=O)NC(Cc1ccccc1)C(=O)NC(Cc1cnc[nH]1)C(=O)O. The Bertz CT molecular complexity index is 1030. The van der Waals surface area contributed by atoms with Crippen LogP contribution >= 0.6 is 11.8 Å². The molecule has 0 radical (unpaired) electrons. The van der Waals surface area contributed by atoms with Crippen molar-refractivity contribution in [2.45, 2.75) is 56.3 Å². The summed E-state index contributed by atoms with van der Waals surface area (Å²) in [7, 11) is 0. The Morgan fingerprint density at radius 3 is 2.41 bits per heavy atom. The standard InChI is InChI=1S/C25H34N6O5S/c1-37-11-9-19(29-22(32)18-8-5-10-27-18)23(33)30-20(12-16-6-3-2-4-7-16)24(34)31-21(25(35)36)13-17-14-26-15-28-17/h2-4,6-7,14-15,18-21,27H,5,8-13H2,1H3,(H,26,28)(H,29,32)(H,30,33)(H,31,34)(H,35,36). The van der Waals surface area contributed by atoms with E-state index in [2.05, 4.69) is 31.2 Å². The third kappa shape index (κ3) is 8.90. The second-order valence-corrected chi connectivity index (χ2v) is 9.91. The van der Waals surface area contributed by atoms with Crippen molar-refractivity contribution in [2.24, 2.45) is 0 Å². The first-order chi connectivity index (χ1) is 17.9. The Morgan fingerprint density at radius 1 is 1.05 bits per heavy atom. The minimum absolute atomic E-state index is 0.00781. The molecule has 4 unspecified atom stereocenters. The lowest BCUT2D eigenvalue weighted by atomic mass is 10.0. The van der Waals surface area contributed by atoms with E-state index in [1.807, 2.05) is 36.6 Å². The molecule has 1 aromatic heterocycles. The predicted molar refractivity (Wildman–Crippen MR) is 140 cm³/mol. The molecule has 1 aromatic carbocycles. The maximum atomic E-state index is 13.3. The van der Waals surface area contributed by atoms with Crippen LogP contribution in [0.4, 0.5) is 0 Å². The first-order valence-corrected chi connectivity index (χ1v) is 13.6. The third-order valence-corrected chi connectivity index (χ3v) is 6.77. The number of amides is 3. The van der Waals surface area contributed by atoms with Crippen molar-refractivity contribution in [3.63, 3.8) is 0 Å². The third-order valence-electron chi connectivity index (χ3n) is 6.13. The summed E-state index contributed by atoms with van der Waals surface area (Å²) in [4.78, 5) is 57.8. The molecule has 6 N–H and O–H groups in total. The molecule has 1 fully saturated rings. The summed E-state index contributed by atoms with van der Waals surface area (Å²) in [5, 5.41) is 20.9. The summed E-state index contributed by atoms with van der Waals surface area (Å²) in [6.45, 7) is 0.752. The first kappa shape index (κ1) is 28.2. The molecule has 0 aliphatic carbocycles. The summed E-state index contributed by atoms with van der Waals surface area (Å²) >= 11 is 1.55. The lowest BCUT2D eigenvalue weighted by Gasteiger charge is -2.25. The molecular formula is C25H34N6O5S. The van der Waals surface area contributed by atoms with Gasteiger partial charge in [-0.15, -0.1) is 0 Å². The number of aromatic nitrogens is 2. The van der Waals surface area contributed by atoms with Crippen molar-refractivity contribution in [2.75, 3.05) is 18.6 Å². The molecule has 1 aliphatic rings. The van der Waals surface area contributed by atoms with Gasteiger partial charge in [-0.2, -0.15) is 11.8 Å². The normalized spacial score (nSPS) is 17.4. The van der Waals surface area contributed by atoms with Gasteiger partial charge in [0.2, 0.25) is 17.7 Å². The number of nitrogens with one attached hydrogen (secondary N) is 5. The molecule has 1 aliphatic heterocycles. The van der Waals surface area contributed by atoms with Gasteiger partial charge in [0.1, 0.15) is 18.1 Å². The summed E-state index contributed by atoms with van der Waals surface area (Å²) < 4.78 is 0. The van der Waals surface area contributed by atoms with E-state index < -0.39 is 35.9 Å². The molecule has 0 bridgehead atoms. The Hall–Kier alpha value is -3.38. The van der Waals surface area contributed by atoms with E-state index in [4.69, 9.17) is 0 Å². The zero-order chi connectivity index (χ0) is 26.6. The molecule has 200 valence electrons. The average molecular weight is 531 g/mol. The van der Waals surface area contributed by atoms with Crippen molar-refractivity contribution in [3.05, 3.63) is 54.1 Å². The van der Waals surface area contributed by atoms with Crippen LogP contribution in [0, 0.1) is 0 Å². The van der Waals surface area contributed by atoms with Gasteiger partial charge in [-0.1, -0.05) is 30.3 Å². The molecule has 2 aromatic rings. The van der Waals surface area contributed by atoms with Gasteiger partial charge in [0.05, 0.1) is 12.4 Å². The molecule has 0 saturated carbocycles. The Labute approximate surface area is 220 Å². The van der Waals surface area contributed by atoms with Crippen molar-refractivity contribution < 1.29 is 24.3 Å². The van der Waals surface area contributed by atoms with E-state index >= 15 is 0 Å². The van der Waals surface area contributed by atoms with Gasteiger partial charge in [0, 0.05) is 24.7 Å². The van der Waals surface area contributed by atoms with Gasteiger partial charge in [-0.05, 0) is 43.4 Å². The first-order valence-electron chi connectivity index (χ1n) is 12.2. The fourth-order valence-corrected chi connectivity index (χ4v) is 4.58. The second kappa shape index (κ2) is 14.4. The molecule has 2 heterocycles. The van der Waals surface area contributed by atoms with Crippen molar-refractivity contribution >= 4 is 35.5 Å². The number of carbonyl (C=O) groups is 4. The minimum Gasteiger partial charge on any atom is -0.480 e. The molecule has 37 heavy (non-hydrogen) atoms. The highest BCUT2D eigenvalue weighted by atomic mass is 32.2. The molecule has 0 spiro atoms. The van der Waals surface area contributed by atoms with Gasteiger partial charge in [0.25, 0.3) is 0 Å². The van der Waals surface area contributed by atoms with Crippen LogP contribution in [0.25, 0.3) is 0 Å². The van der Waals surface area contributed by atoms with Gasteiger partial charge in [-0.3, -0.25) is 14.4 Å². The van der Waals surface area contributed by atoms with Crippen molar-refractivity contribution in [3.8, 4) is 0 Å². The van der Waals surface area contributed by atoms with Crippen LogP contribution in [-0.2, 0) is 32.0 Å². The number of thioether (sulfide) groups is 1. The van der Waals surface area contributed by atoms with E-state index in [0.717, 1.165) is 18.5 Å². The lowest BCUT2D eigenvalue weighted by molar-refractivity contribution is -0.142. The van der Waals surface area contributed by atoms with Gasteiger partial charge < -0.3 is 31.4 Å². The smallest absolute Gasteiger partial charge is 0.326 e. The maximum absolute atomic E-state index is 13.3. The summed E-state index contributed by atoms with van der Waals surface area (Å²) in [5.74, 6) is -1.93. The number of carboxylic acid groups (broad SMARTS) is 1. The van der Waals surface area contributed by atoms with E-state index in [-0.39, 0.29) is 24.8 Å². The van der Waals surface area contributed by atoms with Gasteiger partial charge in [0.15, 0.2) is 0 Å². The number of hydrogen-bond acceptors (Lipinski definition) is 7. The molecular weight excluding hydrogens is 496 g/mol. The molecule has 1 saturated heterocycles. The number of carboxylic acids is 1. The number of carbonyl (C=O) groups excluding carboxylic acids is 3. The number of hydrogen-bond donors (Lipinski definition) is 6. The molecule has 3 amide bonds. The minimum atomic E-state index is -1.22. The maximum Gasteiger partial charge on any atom is 0.326 e. The number of imidazole rings is 1. The Kier molecular flexibility index (Phi) is 11.0. The monoisotopic (exact) mass is 530 g/mol.